The van der Waals surface area contributed by atoms with Gasteiger partial charge in [0.1, 0.15) is 0 Å². The van der Waals surface area contributed by atoms with Gasteiger partial charge in [-0.25, -0.2) is 4.79 Å². The summed E-state index contributed by atoms with van der Waals surface area (Å²) in [5, 5.41) is 8.36. The van der Waals surface area contributed by atoms with Crippen LogP contribution in [0.2, 0.25) is 0 Å². The van der Waals surface area contributed by atoms with Crippen molar-refractivity contribution in [3.8, 4) is 0 Å². The van der Waals surface area contributed by atoms with Gasteiger partial charge in [0.15, 0.2) is 0 Å². The highest BCUT2D eigenvalue weighted by molar-refractivity contribution is 5.85. The fourth-order valence-electron chi connectivity index (χ4n) is 1.24. The largest absolute Gasteiger partial charge is 0.478 e. The second kappa shape index (κ2) is 4.38. The molecule has 1 aromatic carbocycles. The highest BCUT2D eigenvalue weighted by Gasteiger charge is 2.30. The maximum Gasteiger partial charge on any atom is 0.416 e. The lowest BCUT2D eigenvalue weighted by molar-refractivity contribution is -0.137. The summed E-state index contributed by atoms with van der Waals surface area (Å²) in [5.74, 6) is -1.20. The second-order valence-corrected chi connectivity index (χ2v) is 3.30. The van der Waals surface area contributed by atoms with Crippen molar-refractivity contribution >= 4 is 12.0 Å². The molecule has 0 aliphatic heterocycles. The van der Waals surface area contributed by atoms with Gasteiger partial charge < -0.3 is 5.11 Å². The molecule has 2 nitrogen and oxygen atoms in total. The van der Waals surface area contributed by atoms with E-state index in [1.807, 2.05) is 0 Å². The number of carboxylic acids is 1. The molecule has 0 amide bonds. The number of aryl methyl sites for hydroxylation is 1. The Morgan fingerprint density at radius 2 is 1.94 bits per heavy atom. The average molecular weight is 230 g/mol. The first-order chi connectivity index (χ1) is 7.29. The van der Waals surface area contributed by atoms with Crippen molar-refractivity contribution in [3.63, 3.8) is 0 Å². The zero-order valence-corrected chi connectivity index (χ0v) is 8.38. The number of halogens is 3. The van der Waals surface area contributed by atoms with Gasteiger partial charge in [-0.15, -0.1) is 0 Å². The van der Waals surface area contributed by atoms with E-state index in [1.54, 1.807) is 0 Å². The van der Waals surface area contributed by atoms with Crippen molar-refractivity contribution in [3.05, 3.63) is 41.0 Å². The minimum absolute atomic E-state index is 0.217. The number of carboxylic acid groups (broad SMARTS) is 1. The first kappa shape index (κ1) is 12.3. The molecule has 1 N–H and O–H groups in total. The molecule has 1 aromatic rings. The molecule has 0 aliphatic rings. The summed E-state index contributed by atoms with van der Waals surface area (Å²) in [6.45, 7) is 1.52. The number of hydrogen-bond acceptors (Lipinski definition) is 1. The van der Waals surface area contributed by atoms with Gasteiger partial charge in [0.25, 0.3) is 0 Å². The van der Waals surface area contributed by atoms with Gasteiger partial charge in [0, 0.05) is 6.08 Å². The van der Waals surface area contributed by atoms with E-state index in [1.165, 1.54) is 13.0 Å². The standard InChI is InChI=1S/C11H9F3O2/c1-7-4-8(2-3-10(15)16)6-9(5-7)11(12,13)14/h2-6H,1H3,(H,15,16)/b3-2+. The van der Waals surface area contributed by atoms with E-state index < -0.39 is 17.7 Å². The Kier molecular flexibility index (Phi) is 3.37. The fourth-order valence-corrected chi connectivity index (χ4v) is 1.24. The molecule has 0 spiro atoms. The van der Waals surface area contributed by atoms with Crippen LogP contribution in [0.25, 0.3) is 6.08 Å². The van der Waals surface area contributed by atoms with Crippen molar-refractivity contribution < 1.29 is 23.1 Å². The van der Waals surface area contributed by atoms with E-state index in [0.29, 0.717) is 5.56 Å². The Bertz CT molecular complexity index is 433. The minimum atomic E-state index is -4.42. The predicted octanol–water partition coefficient (Wildman–Crippen LogP) is 3.11. The monoisotopic (exact) mass is 230 g/mol. The summed E-state index contributed by atoms with van der Waals surface area (Å²) >= 11 is 0. The fraction of sp³-hybridized carbons (Fsp3) is 0.182. The van der Waals surface area contributed by atoms with Crippen LogP contribution in [0.5, 0.6) is 0 Å². The average Bonchev–Trinajstić information content (AvgIpc) is 2.12. The molecule has 86 valence electrons. The molecule has 0 fully saturated rings. The summed E-state index contributed by atoms with van der Waals surface area (Å²) in [5.41, 5.74) is -0.132. The topological polar surface area (TPSA) is 37.3 Å². The van der Waals surface area contributed by atoms with Crippen molar-refractivity contribution in [1.29, 1.82) is 0 Å². The zero-order valence-electron chi connectivity index (χ0n) is 8.38. The number of hydrogen-bond donors (Lipinski definition) is 1. The predicted molar refractivity (Wildman–Crippen MR) is 52.9 cm³/mol. The number of alkyl halides is 3. The smallest absolute Gasteiger partial charge is 0.416 e. The Labute approximate surface area is 90.0 Å². The van der Waals surface area contributed by atoms with Gasteiger partial charge in [-0.05, 0) is 36.3 Å². The van der Waals surface area contributed by atoms with Gasteiger partial charge in [-0.2, -0.15) is 13.2 Å². The van der Waals surface area contributed by atoms with Crippen molar-refractivity contribution in [1.82, 2.24) is 0 Å². The maximum atomic E-state index is 12.4. The lowest BCUT2D eigenvalue weighted by atomic mass is 10.1. The molecule has 0 atom stereocenters. The summed E-state index contributed by atoms with van der Waals surface area (Å²) in [6, 6.07) is 3.40. The summed E-state index contributed by atoms with van der Waals surface area (Å²) in [7, 11) is 0. The van der Waals surface area contributed by atoms with E-state index >= 15 is 0 Å². The number of rotatable bonds is 2. The lowest BCUT2D eigenvalue weighted by Crippen LogP contribution is -2.05. The summed E-state index contributed by atoms with van der Waals surface area (Å²) in [6.07, 6.45) is -2.49. The van der Waals surface area contributed by atoms with Crippen LogP contribution in [0.3, 0.4) is 0 Å². The molecule has 5 heteroatoms. The number of carbonyl (C=O) groups is 1. The molecule has 0 bridgehead atoms. The van der Waals surface area contributed by atoms with Crippen LogP contribution in [0.1, 0.15) is 16.7 Å². The van der Waals surface area contributed by atoms with E-state index in [9.17, 15) is 18.0 Å². The third-order valence-corrected chi connectivity index (χ3v) is 1.85. The molecule has 0 aromatic heterocycles. The first-order valence-corrected chi connectivity index (χ1v) is 4.39. The van der Waals surface area contributed by atoms with Gasteiger partial charge in [-0.3, -0.25) is 0 Å². The van der Waals surface area contributed by atoms with Gasteiger partial charge in [0.2, 0.25) is 0 Å². The highest BCUT2D eigenvalue weighted by atomic mass is 19.4. The van der Waals surface area contributed by atoms with Gasteiger partial charge in [0.05, 0.1) is 5.56 Å². The molecule has 16 heavy (non-hydrogen) atoms. The molecule has 0 heterocycles. The van der Waals surface area contributed by atoms with Gasteiger partial charge in [-0.1, -0.05) is 6.07 Å². The molecule has 0 radical (unpaired) electrons. The van der Waals surface area contributed by atoms with E-state index in [2.05, 4.69) is 0 Å². The second-order valence-electron chi connectivity index (χ2n) is 3.30. The van der Waals surface area contributed by atoms with E-state index in [-0.39, 0.29) is 5.56 Å². The lowest BCUT2D eigenvalue weighted by Gasteiger charge is -2.08. The normalized spacial score (nSPS) is 12.0. The van der Waals surface area contributed by atoms with Crippen molar-refractivity contribution in [2.75, 3.05) is 0 Å². The van der Waals surface area contributed by atoms with Crippen LogP contribution in [-0.4, -0.2) is 11.1 Å². The minimum Gasteiger partial charge on any atom is -0.478 e. The van der Waals surface area contributed by atoms with Crippen LogP contribution in [-0.2, 0) is 11.0 Å². The SMILES string of the molecule is Cc1cc(/C=C/C(=O)O)cc(C(F)(F)F)c1. The molecular formula is C11H9F3O2. The van der Waals surface area contributed by atoms with Crippen LogP contribution < -0.4 is 0 Å². The summed E-state index contributed by atoms with van der Waals surface area (Å²) < 4.78 is 37.2. The van der Waals surface area contributed by atoms with E-state index in [4.69, 9.17) is 5.11 Å². The zero-order chi connectivity index (χ0) is 12.3. The Morgan fingerprint density at radius 1 is 1.31 bits per heavy atom. The van der Waals surface area contributed by atoms with Crippen LogP contribution >= 0.6 is 0 Å². The molecular weight excluding hydrogens is 221 g/mol. The first-order valence-electron chi connectivity index (χ1n) is 4.39. The Balaban J connectivity index is 3.13. The van der Waals surface area contributed by atoms with E-state index in [0.717, 1.165) is 24.3 Å². The van der Waals surface area contributed by atoms with Gasteiger partial charge >= 0.3 is 12.1 Å². The van der Waals surface area contributed by atoms with Crippen LogP contribution in [0.15, 0.2) is 24.3 Å². The van der Waals surface area contributed by atoms with Crippen LogP contribution in [0.4, 0.5) is 13.2 Å². The summed E-state index contributed by atoms with van der Waals surface area (Å²) in [4.78, 5) is 10.2. The third-order valence-electron chi connectivity index (χ3n) is 1.85. The molecule has 0 saturated carbocycles. The molecule has 0 saturated heterocycles. The van der Waals surface area contributed by atoms with Crippen molar-refractivity contribution in [2.24, 2.45) is 0 Å². The maximum absolute atomic E-state index is 12.4. The third kappa shape index (κ3) is 3.42. The van der Waals surface area contributed by atoms with Crippen LogP contribution in [0, 0.1) is 6.92 Å². The molecule has 0 unspecified atom stereocenters. The van der Waals surface area contributed by atoms with Crippen molar-refractivity contribution in [2.45, 2.75) is 13.1 Å². The quantitative estimate of drug-likeness (QED) is 0.792. The molecule has 0 aliphatic carbocycles. The molecule has 1 rings (SSSR count). The Morgan fingerprint density at radius 3 is 2.44 bits per heavy atom. The number of benzene rings is 1. The highest BCUT2D eigenvalue weighted by Crippen LogP contribution is 2.30. The Hall–Kier alpha value is -1.78. The number of aliphatic carboxylic acids is 1.